The monoisotopic (exact) mass is 303 g/mol. The number of pyridine rings is 1. The van der Waals surface area contributed by atoms with Gasteiger partial charge in [0.25, 0.3) is 0 Å². The molecule has 3 aromatic heterocycles. The first kappa shape index (κ1) is 13.4. The first-order valence-corrected chi connectivity index (χ1v) is 7.17. The van der Waals surface area contributed by atoms with Gasteiger partial charge in [-0.15, -0.1) is 0 Å². The summed E-state index contributed by atoms with van der Waals surface area (Å²) in [6.07, 6.45) is 6.78. The zero-order valence-corrected chi connectivity index (χ0v) is 12.2. The molecule has 4 rings (SSSR count). The second kappa shape index (κ2) is 5.84. The lowest BCUT2D eigenvalue weighted by molar-refractivity contribution is 0.305. The molecule has 0 aliphatic carbocycles. The molecule has 6 heteroatoms. The Hall–Kier alpha value is -3.28. The van der Waals surface area contributed by atoms with Gasteiger partial charge in [-0.2, -0.15) is 5.10 Å². The third-order valence-electron chi connectivity index (χ3n) is 3.45. The Morgan fingerprint density at radius 1 is 0.870 bits per heavy atom. The van der Waals surface area contributed by atoms with E-state index in [2.05, 4.69) is 25.1 Å². The highest BCUT2D eigenvalue weighted by molar-refractivity contribution is 5.74. The van der Waals surface area contributed by atoms with Crippen LogP contribution in [0, 0.1) is 0 Å². The van der Waals surface area contributed by atoms with Gasteiger partial charge in [0.2, 0.25) is 0 Å². The Morgan fingerprint density at radius 3 is 2.57 bits per heavy atom. The molecule has 23 heavy (non-hydrogen) atoms. The lowest BCUT2D eigenvalue weighted by Gasteiger charge is -2.07. The maximum absolute atomic E-state index is 5.78. The van der Waals surface area contributed by atoms with Crippen LogP contribution in [0.15, 0.2) is 61.2 Å². The molecule has 1 aromatic carbocycles. The van der Waals surface area contributed by atoms with Gasteiger partial charge >= 0.3 is 0 Å². The van der Waals surface area contributed by atoms with Crippen LogP contribution >= 0.6 is 0 Å². The van der Waals surface area contributed by atoms with E-state index < -0.39 is 0 Å². The van der Waals surface area contributed by atoms with Crippen LogP contribution in [0.3, 0.4) is 0 Å². The summed E-state index contributed by atoms with van der Waals surface area (Å²) in [7, 11) is 0. The summed E-state index contributed by atoms with van der Waals surface area (Å²) in [6.45, 7) is 0.456. The quantitative estimate of drug-likeness (QED) is 0.627. The lowest BCUT2D eigenvalue weighted by Crippen LogP contribution is -1.97. The standard InChI is InChI=1S/C17H13N5O/c1-3-15-17(19-8-7-18-15)9-12(1)11-23-13-2-4-14(20-10-13)16-5-6-21-22-16/h1-10H,11H2,(H,21,22). The van der Waals surface area contributed by atoms with Gasteiger partial charge in [0, 0.05) is 18.6 Å². The van der Waals surface area contributed by atoms with E-state index in [1.54, 1.807) is 24.8 Å². The summed E-state index contributed by atoms with van der Waals surface area (Å²) in [5, 5.41) is 6.80. The Balaban J connectivity index is 1.47. The largest absolute Gasteiger partial charge is 0.487 e. The summed E-state index contributed by atoms with van der Waals surface area (Å²) in [6, 6.07) is 11.6. The number of benzene rings is 1. The number of fused-ring (bicyclic) bond motifs is 1. The second-order valence-electron chi connectivity index (χ2n) is 5.02. The van der Waals surface area contributed by atoms with Gasteiger partial charge < -0.3 is 4.74 Å². The number of hydrogen-bond acceptors (Lipinski definition) is 5. The number of nitrogens with one attached hydrogen (secondary N) is 1. The van der Waals surface area contributed by atoms with Gasteiger partial charge in [-0.25, -0.2) is 0 Å². The molecule has 0 saturated heterocycles. The normalized spacial score (nSPS) is 10.8. The molecule has 0 aliphatic heterocycles. The van der Waals surface area contributed by atoms with Gasteiger partial charge in [-0.05, 0) is 35.9 Å². The fraction of sp³-hybridized carbons (Fsp3) is 0.0588. The summed E-state index contributed by atoms with van der Waals surface area (Å²) in [5.74, 6) is 0.715. The summed E-state index contributed by atoms with van der Waals surface area (Å²) >= 11 is 0. The fourth-order valence-corrected chi connectivity index (χ4v) is 2.29. The lowest BCUT2D eigenvalue weighted by atomic mass is 10.2. The van der Waals surface area contributed by atoms with Gasteiger partial charge in [-0.1, -0.05) is 6.07 Å². The predicted molar refractivity (Wildman–Crippen MR) is 85.7 cm³/mol. The molecule has 0 atom stereocenters. The maximum atomic E-state index is 5.78. The molecule has 4 aromatic rings. The summed E-state index contributed by atoms with van der Waals surface area (Å²) in [5.41, 5.74) is 4.49. The van der Waals surface area contributed by atoms with Crippen LogP contribution in [0.2, 0.25) is 0 Å². The number of H-pyrrole nitrogens is 1. The minimum absolute atomic E-state index is 0.456. The van der Waals surface area contributed by atoms with Crippen molar-refractivity contribution in [3.8, 4) is 17.1 Å². The Morgan fingerprint density at radius 2 is 1.78 bits per heavy atom. The molecule has 0 bridgehead atoms. The number of ether oxygens (including phenoxy) is 1. The molecular formula is C17H13N5O. The Kier molecular flexibility index (Phi) is 3.40. The molecule has 0 unspecified atom stereocenters. The highest BCUT2D eigenvalue weighted by Gasteiger charge is 2.03. The van der Waals surface area contributed by atoms with Gasteiger partial charge in [-0.3, -0.25) is 20.1 Å². The molecule has 0 aliphatic rings. The van der Waals surface area contributed by atoms with Crippen molar-refractivity contribution in [1.29, 1.82) is 0 Å². The number of hydrogen-bond donors (Lipinski definition) is 1. The molecule has 1 N–H and O–H groups in total. The van der Waals surface area contributed by atoms with Crippen molar-refractivity contribution in [3.05, 3.63) is 66.7 Å². The molecule has 3 heterocycles. The first-order valence-electron chi connectivity index (χ1n) is 7.17. The second-order valence-corrected chi connectivity index (χ2v) is 5.02. The van der Waals surface area contributed by atoms with E-state index in [9.17, 15) is 0 Å². The summed E-state index contributed by atoms with van der Waals surface area (Å²) in [4.78, 5) is 12.9. The van der Waals surface area contributed by atoms with Crippen molar-refractivity contribution in [1.82, 2.24) is 25.1 Å². The zero-order chi connectivity index (χ0) is 15.5. The third kappa shape index (κ3) is 2.87. The Bertz CT molecular complexity index is 919. The summed E-state index contributed by atoms with van der Waals surface area (Å²) < 4.78 is 5.78. The topological polar surface area (TPSA) is 76.6 Å². The molecular weight excluding hydrogens is 290 g/mol. The van der Waals surface area contributed by atoms with Crippen LogP contribution in [0.1, 0.15) is 5.56 Å². The molecule has 0 spiro atoms. The molecule has 0 fully saturated rings. The minimum atomic E-state index is 0.456. The van der Waals surface area contributed by atoms with Gasteiger partial charge in [0.1, 0.15) is 12.4 Å². The van der Waals surface area contributed by atoms with Crippen LogP contribution in [-0.2, 0) is 6.61 Å². The predicted octanol–water partition coefficient (Wildman–Crippen LogP) is 2.99. The zero-order valence-electron chi connectivity index (χ0n) is 12.2. The molecule has 6 nitrogen and oxygen atoms in total. The van der Waals surface area contributed by atoms with Crippen LogP contribution in [-0.4, -0.2) is 25.1 Å². The van der Waals surface area contributed by atoms with Crippen molar-refractivity contribution >= 4 is 11.0 Å². The van der Waals surface area contributed by atoms with E-state index in [0.29, 0.717) is 12.4 Å². The SMILES string of the molecule is c1cc(-c2ccc(OCc3ccc4nccnc4c3)cn2)[nH]n1. The van der Waals surface area contributed by atoms with E-state index in [1.807, 2.05) is 36.4 Å². The highest BCUT2D eigenvalue weighted by atomic mass is 16.5. The molecule has 0 radical (unpaired) electrons. The van der Waals surface area contributed by atoms with Crippen molar-refractivity contribution < 1.29 is 4.74 Å². The average Bonchev–Trinajstić information content (AvgIpc) is 3.15. The smallest absolute Gasteiger partial charge is 0.138 e. The highest BCUT2D eigenvalue weighted by Crippen LogP contribution is 2.18. The number of rotatable bonds is 4. The van der Waals surface area contributed by atoms with E-state index in [4.69, 9.17) is 4.74 Å². The molecule has 0 saturated carbocycles. The first-order chi connectivity index (χ1) is 11.4. The fourth-order valence-electron chi connectivity index (χ4n) is 2.29. The van der Waals surface area contributed by atoms with Crippen molar-refractivity contribution in [2.75, 3.05) is 0 Å². The van der Waals surface area contributed by atoms with Gasteiger partial charge in [0.15, 0.2) is 0 Å². The average molecular weight is 303 g/mol. The van der Waals surface area contributed by atoms with Crippen molar-refractivity contribution in [2.24, 2.45) is 0 Å². The van der Waals surface area contributed by atoms with Crippen molar-refractivity contribution in [2.45, 2.75) is 6.61 Å². The number of aromatic amines is 1. The van der Waals surface area contributed by atoms with Gasteiger partial charge in [0.05, 0.1) is 28.6 Å². The van der Waals surface area contributed by atoms with E-state index >= 15 is 0 Å². The van der Waals surface area contributed by atoms with E-state index in [0.717, 1.165) is 28.0 Å². The van der Waals surface area contributed by atoms with Crippen LogP contribution in [0.25, 0.3) is 22.4 Å². The minimum Gasteiger partial charge on any atom is -0.487 e. The van der Waals surface area contributed by atoms with E-state index in [-0.39, 0.29) is 0 Å². The molecule has 0 amide bonds. The van der Waals surface area contributed by atoms with Crippen LogP contribution < -0.4 is 4.74 Å². The Labute approximate surface area is 132 Å². The van der Waals surface area contributed by atoms with Crippen molar-refractivity contribution in [3.63, 3.8) is 0 Å². The number of nitrogens with zero attached hydrogens (tertiary/aromatic N) is 4. The third-order valence-corrected chi connectivity index (χ3v) is 3.45. The van der Waals surface area contributed by atoms with Crippen LogP contribution in [0.4, 0.5) is 0 Å². The maximum Gasteiger partial charge on any atom is 0.138 e. The van der Waals surface area contributed by atoms with E-state index in [1.165, 1.54) is 0 Å². The van der Waals surface area contributed by atoms with Crippen LogP contribution in [0.5, 0.6) is 5.75 Å². The molecule has 112 valence electrons. The number of aromatic nitrogens is 5.